The molecule has 0 bridgehead atoms. The van der Waals surface area contributed by atoms with Crippen LogP contribution in [0.25, 0.3) is 0 Å². The summed E-state index contributed by atoms with van der Waals surface area (Å²) in [4.78, 5) is 2.09. The van der Waals surface area contributed by atoms with Crippen LogP contribution in [-0.2, 0) is 6.54 Å². The molecule has 1 atom stereocenters. The maximum atomic E-state index is 13.2. The third kappa shape index (κ3) is 3.58. The summed E-state index contributed by atoms with van der Waals surface area (Å²) in [6, 6.07) is 15.0. The van der Waals surface area contributed by atoms with Crippen LogP contribution in [0.15, 0.2) is 48.5 Å². The zero-order valence-electron chi connectivity index (χ0n) is 12.0. The van der Waals surface area contributed by atoms with Crippen LogP contribution in [0.2, 0.25) is 0 Å². The van der Waals surface area contributed by atoms with E-state index in [1.165, 1.54) is 6.07 Å². The predicted octanol–water partition coefficient (Wildman–Crippen LogP) is 3.87. The summed E-state index contributed by atoms with van der Waals surface area (Å²) in [5.74, 6) is -0.194. The first-order chi connectivity index (χ1) is 9.60. The van der Waals surface area contributed by atoms with Crippen molar-refractivity contribution in [2.75, 3.05) is 11.9 Å². The van der Waals surface area contributed by atoms with Crippen LogP contribution >= 0.6 is 0 Å². The molecule has 0 saturated heterocycles. The number of benzene rings is 2. The molecule has 0 fully saturated rings. The molecule has 2 rings (SSSR count). The zero-order valence-corrected chi connectivity index (χ0v) is 12.0. The van der Waals surface area contributed by atoms with Gasteiger partial charge in [0.2, 0.25) is 0 Å². The SMILES string of the molecule is CC[C@H](N)c1ccc(N(C)Cc2cccc(F)c2)cc1. The molecule has 2 N–H and O–H groups in total. The molecule has 0 aliphatic rings. The smallest absolute Gasteiger partial charge is 0.123 e. The standard InChI is InChI=1S/C17H21FN2/c1-3-17(19)14-7-9-16(10-8-14)20(2)12-13-5-4-6-15(18)11-13/h4-11,17H,3,12,19H2,1-2H3/t17-/m0/s1. The maximum Gasteiger partial charge on any atom is 0.123 e. The van der Waals surface area contributed by atoms with Crippen LogP contribution in [0.5, 0.6) is 0 Å². The van der Waals surface area contributed by atoms with E-state index in [9.17, 15) is 4.39 Å². The summed E-state index contributed by atoms with van der Waals surface area (Å²) in [5.41, 5.74) is 9.21. The lowest BCUT2D eigenvalue weighted by Gasteiger charge is -2.20. The summed E-state index contributed by atoms with van der Waals surface area (Å²) < 4.78 is 13.2. The highest BCUT2D eigenvalue weighted by atomic mass is 19.1. The minimum absolute atomic E-state index is 0.0950. The van der Waals surface area contributed by atoms with Crippen molar-refractivity contribution in [3.63, 3.8) is 0 Å². The monoisotopic (exact) mass is 272 g/mol. The van der Waals surface area contributed by atoms with Crippen LogP contribution in [0, 0.1) is 5.82 Å². The lowest BCUT2D eigenvalue weighted by atomic mass is 10.1. The molecular formula is C17H21FN2. The summed E-state index contributed by atoms with van der Waals surface area (Å²) in [6.07, 6.45) is 0.929. The Hall–Kier alpha value is -1.87. The fraction of sp³-hybridized carbons (Fsp3) is 0.294. The van der Waals surface area contributed by atoms with Crippen molar-refractivity contribution < 1.29 is 4.39 Å². The van der Waals surface area contributed by atoms with Crippen LogP contribution in [0.4, 0.5) is 10.1 Å². The molecule has 0 heterocycles. The third-order valence-electron chi connectivity index (χ3n) is 3.51. The number of halogens is 1. The third-order valence-corrected chi connectivity index (χ3v) is 3.51. The lowest BCUT2D eigenvalue weighted by Crippen LogP contribution is -2.16. The molecule has 20 heavy (non-hydrogen) atoms. The van der Waals surface area contributed by atoms with Gasteiger partial charge in [-0.05, 0) is 41.8 Å². The van der Waals surface area contributed by atoms with Crippen molar-refractivity contribution in [2.45, 2.75) is 25.9 Å². The van der Waals surface area contributed by atoms with Crippen molar-refractivity contribution in [2.24, 2.45) is 5.73 Å². The maximum absolute atomic E-state index is 13.2. The van der Waals surface area contributed by atoms with Crippen LogP contribution in [-0.4, -0.2) is 7.05 Å². The largest absolute Gasteiger partial charge is 0.370 e. The van der Waals surface area contributed by atoms with E-state index in [0.29, 0.717) is 6.54 Å². The first-order valence-electron chi connectivity index (χ1n) is 6.91. The Labute approximate surface area is 120 Å². The van der Waals surface area contributed by atoms with Crippen molar-refractivity contribution >= 4 is 5.69 Å². The first-order valence-corrected chi connectivity index (χ1v) is 6.91. The molecule has 2 nitrogen and oxygen atoms in total. The summed E-state index contributed by atoms with van der Waals surface area (Å²) in [6.45, 7) is 2.76. The molecule has 0 amide bonds. The molecule has 0 aromatic heterocycles. The highest BCUT2D eigenvalue weighted by Gasteiger charge is 2.06. The molecule has 3 heteroatoms. The molecule has 2 aromatic rings. The average molecular weight is 272 g/mol. The highest BCUT2D eigenvalue weighted by molar-refractivity contribution is 5.47. The van der Waals surface area contributed by atoms with E-state index in [1.807, 2.05) is 13.1 Å². The van der Waals surface area contributed by atoms with E-state index >= 15 is 0 Å². The quantitative estimate of drug-likeness (QED) is 0.895. The van der Waals surface area contributed by atoms with Crippen LogP contribution < -0.4 is 10.6 Å². The Kier molecular flexibility index (Phi) is 4.74. The van der Waals surface area contributed by atoms with Gasteiger partial charge in [-0.2, -0.15) is 0 Å². The Morgan fingerprint density at radius 2 is 1.85 bits per heavy atom. The van der Waals surface area contributed by atoms with Gasteiger partial charge in [-0.1, -0.05) is 31.2 Å². The first kappa shape index (κ1) is 14.5. The Bertz CT molecular complexity index is 551. The molecular weight excluding hydrogens is 251 g/mol. The number of hydrogen-bond acceptors (Lipinski definition) is 2. The average Bonchev–Trinajstić information content (AvgIpc) is 2.46. The molecule has 0 saturated carbocycles. The molecule has 0 unspecified atom stereocenters. The van der Waals surface area contributed by atoms with Gasteiger partial charge in [-0.25, -0.2) is 4.39 Å². The van der Waals surface area contributed by atoms with Gasteiger partial charge in [0.15, 0.2) is 0 Å². The fourth-order valence-corrected chi connectivity index (χ4v) is 2.21. The van der Waals surface area contributed by atoms with Gasteiger partial charge in [0.25, 0.3) is 0 Å². The Morgan fingerprint density at radius 3 is 2.45 bits per heavy atom. The molecule has 0 aliphatic heterocycles. The number of anilines is 1. The molecule has 0 aliphatic carbocycles. The fourth-order valence-electron chi connectivity index (χ4n) is 2.21. The molecule has 0 radical (unpaired) electrons. The van der Waals surface area contributed by atoms with E-state index in [2.05, 4.69) is 36.1 Å². The highest BCUT2D eigenvalue weighted by Crippen LogP contribution is 2.20. The van der Waals surface area contributed by atoms with Gasteiger partial charge in [0.05, 0.1) is 0 Å². The van der Waals surface area contributed by atoms with Crippen molar-refractivity contribution in [1.29, 1.82) is 0 Å². The second-order valence-electron chi connectivity index (χ2n) is 5.09. The number of hydrogen-bond donors (Lipinski definition) is 1. The van der Waals surface area contributed by atoms with Gasteiger partial charge >= 0.3 is 0 Å². The molecule has 106 valence electrons. The predicted molar refractivity (Wildman–Crippen MR) is 82.2 cm³/mol. The Morgan fingerprint density at radius 1 is 1.15 bits per heavy atom. The summed E-state index contributed by atoms with van der Waals surface area (Å²) >= 11 is 0. The van der Waals surface area contributed by atoms with Crippen molar-refractivity contribution in [3.8, 4) is 0 Å². The topological polar surface area (TPSA) is 29.3 Å². The number of nitrogens with two attached hydrogens (primary N) is 1. The number of nitrogens with zero attached hydrogens (tertiary/aromatic N) is 1. The van der Waals surface area contributed by atoms with Gasteiger partial charge in [0.1, 0.15) is 5.82 Å². The Balaban J connectivity index is 2.07. The van der Waals surface area contributed by atoms with Gasteiger partial charge in [-0.3, -0.25) is 0 Å². The van der Waals surface area contributed by atoms with E-state index in [0.717, 1.165) is 23.2 Å². The minimum atomic E-state index is -0.194. The summed E-state index contributed by atoms with van der Waals surface area (Å²) in [7, 11) is 2.00. The van der Waals surface area contributed by atoms with E-state index < -0.39 is 0 Å². The van der Waals surface area contributed by atoms with Gasteiger partial charge < -0.3 is 10.6 Å². The van der Waals surface area contributed by atoms with Crippen molar-refractivity contribution in [1.82, 2.24) is 0 Å². The second-order valence-corrected chi connectivity index (χ2v) is 5.09. The van der Waals surface area contributed by atoms with E-state index in [-0.39, 0.29) is 11.9 Å². The minimum Gasteiger partial charge on any atom is -0.370 e. The molecule has 0 spiro atoms. The van der Waals surface area contributed by atoms with Crippen LogP contribution in [0.3, 0.4) is 0 Å². The molecule has 2 aromatic carbocycles. The normalized spacial score (nSPS) is 12.2. The van der Waals surface area contributed by atoms with E-state index in [4.69, 9.17) is 5.73 Å². The lowest BCUT2D eigenvalue weighted by molar-refractivity contribution is 0.625. The second kappa shape index (κ2) is 6.53. The van der Waals surface area contributed by atoms with E-state index in [1.54, 1.807) is 12.1 Å². The number of rotatable bonds is 5. The summed E-state index contributed by atoms with van der Waals surface area (Å²) in [5, 5.41) is 0. The van der Waals surface area contributed by atoms with Gasteiger partial charge in [-0.15, -0.1) is 0 Å². The van der Waals surface area contributed by atoms with Gasteiger partial charge in [0, 0.05) is 25.3 Å². The zero-order chi connectivity index (χ0) is 14.5. The van der Waals surface area contributed by atoms with Crippen molar-refractivity contribution in [3.05, 3.63) is 65.5 Å². The van der Waals surface area contributed by atoms with Crippen LogP contribution in [0.1, 0.15) is 30.5 Å².